The normalized spacial score (nSPS) is 17.1. The molecular weight excluding hydrogens is 522 g/mol. The molecule has 0 radical (unpaired) electrons. The second-order valence-electron chi connectivity index (χ2n) is 10.3. The van der Waals surface area contributed by atoms with Gasteiger partial charge in [0.1, 0.15) is 22.7 Å². The van der Waals surface area contributed by atoms with E-state index in [1.165, 1.54) is 6.26 Å². The highest BCUT2D eigenvalue weighted by atomic mass is 32.1. The number of nitrogens with two attached hydrogens (primary N) is 1. The maximum Gasteiger partial charge on any atom is 0.254 e. The highest BCUT2D eigenvalue weighted by Crippen LogP contribution is 2.36. The lowest BCUT2D eigenvalue weighted by Gasteiger charge is -2.27. The summed E-state index contributed by atoms with van der Waals surface area (Å²) in [7, 11) is 1.65. The number of likely N-dealkylation sites (tertiary alicyclic amines) is 1. The third-order valence-electron chi connectivity index (χ3n) is 7.00. The Morgan fingerprint density at radius 3 is 2.70 bits per heavy atom. The van der Waals surface area contributed by atoms with Gasteiger partial charge in [-0.2, -0.15) is 0 Å². The molecule has 1 saturated heterocycles. The first-order valence-electron chi connectivity index (χ1n) is 13.2. The van der Waals surface area contributed by atoms with Gasteiger partial charge in [0.05, 0.1) is 11.6 Å². The van der Waals surface area contributed by atoms with E-state index in [2.05, 4.69) is 21.7 Å². The molecule has 2 aromatic heterocycles. The van der Waals surface area contributed by atoms with E-state index in [1.54, 1.807) is 30.5 Å². The Bertz CT molecular complexity index is 1530. The Hall–Kier alpha value is -4.08. The SMILES string of the molecule is C=C(OC(=NC)C(C)(N)Cc1ccccc1)c1cc(C(=O)N2CCC[C@@H]2c2nc(C)cs2)cc(-c2ccon2)c1. The molecule has 2 atom stereocenters. The summed E-state index contributed by atoms with van der Waals surface area (Å²) in [4.78, 5) is 24.8. The number of hydrogen-bond donors (Lipinski definition) is 1. The van der Waals surface area contributed by atoms with Crippen LogP contribution in [0.25, 0.3) is 17.0 Å². The van der Waals surface area contributed by atoms with Crippen molar-refractivity contribution in [2.45, 2.75) is 44.7 Å². The molecule has 1 aliphatic rings. The number of aryl methyl sites for hydroxylation is 1. The van der Waals surface area contributed by atoms with Crippen molar-refractivity contribution >= 4 is 28.9 Å². The number of carbonyl (C=O) groups excluding carboxylic acids is 1. The molecule has 40 heavy (non-hydrogen) atoms. The molecule has 0 saturated carbocycles. The predicted octanol–water partition coefficient (Wildman–Crippen LogP) is 6.06. The molecule has 2 N–H and O–H groups in total. The molecule has 1 aliphatic heterocycles. The van der Waals surface area contributed by atoms with Gasteiger partial charge in [-0.1, -0.05) is 42.1 Å². The molecule has 0 aliphatic carbocycles. The van der Waals surface area contributed by atoms with Crippen molar-refractivity contribution < 1.29 is 14.1 Å². The zero-order valence-electron chi connectivity index (χ0n) is 23.0. The van der Waals surface area contributed by atoms with E-state index in [-0.39, 0.29) is 11.9 Å². The molecule has 0 bridgehead atoms. The number of nitrogens with zero attached hydrogens (tertiary/aromatic N) is 4. The maximum absolute atomic E-state index is 13.9. The van der Waals surface area contributed by atoms with Crippen molar-refractivity contribution in [2.75, 3.05) is 13.6 Å². The minimum atomic E-state index is -0.879. The van der Waals surface area contributed by atoms with Crippen molar-refractivity contribution in [3.63, 3.8) is 0 Å². The molecule has 5 rings (SSSR count). The van der Waals surface area contributed by atoms with Gasteiger partial charge in [-0.25, -0.2) is 4.98 Å². The summed E-state index contributed by atoms with van der Waals surface area (Å²) < 4.78 is 11.3. The van der Waals surface area contributed by atoms with E-state index in [4.69, 9.17) is 15.0 Å². The fraction of sp³-hybridized carbons (Fsp3) is 0.290. The van der Waals surface area contributed by atoms with Crippen molar-refractivity contribution in [1.82, 2.24) is 15.0 Å². The second kappa shape index (κ2) is 11.6. The van der Waals surface area contributed by atoms with E-state index in [1.807, 2.05) is 66.6 Å². The summed E-state index contributed by atoms with van der Waals surface area (Å²) in [5.74, 6) is 0.602. The summed E-state index contributed by atoms with van der Waals surface area (Å²) >= 11 is 1.60. The lowest BCUT2D eigenvalue weighted by atomic mass is 9.93. The molecule has 1 amide bonds. The first kappa shape index (κ1) is 27.5. The van der Waals surface area contributed by atoms with Crippen LogP contribution in [0.4, 0.5) is 0 Å². The van der Waals surface area contributed by atoms with Gasteiger partial charge in [-0.05, 0) is 56.9 Å². The van der Waals surface area contributed by atoms with E-state index in [0.717, 1.165) is 34.7 Å². The molecule has 0 spiro atoms. The number of aliphatic imine (C=N–C) groups is 1. The lowest BCUT2D eigenvalue weighted by Crippen LogP contribution is -2.48. The zero-order valence-corrected chi connectivity index (χ0v) is 23.8. The Morgan fingerprint density at radius 2 is 2.02 bits per heavy atom. The van der Waals surface area contributed by atoms with Crippen LogP contribution in [-0.2, 0) is 11.2 Å². The number of amides is 1. The van der Waals surface area contributed by atoms with Crippen LogP contribution in [0.1, 0.15) is 58.0 Å². The van der Waals surface area contributed by atoms with Crippen LogP contribution < -0.4 is 5.73 Å². The van der Waals surface area contributed by atoms with Gasteiger partial charge in [-0.15, -0.1) is 11.3 Å². The second-order valence-corrected chi connectivity index (χ2v) is 11.2. The summed E-state index contributed by atoms with van der Waals surface area (Å²) in [6.07, 6.45) is 3.84. The number of benzene rings is 2. The fourth-order valence-corrected chi connectivity index (χ4v) is 6.01. The van der Waals surface area contributed by atoms with Gasteiger partial charge in [0.15, 0.2) is 0 Å². The third kappa shape index (κ3) is 5.90. The number of thiazole rings is 1. The number of ether oxygens (including phenoxy) is 1. The zero-order chi connectivity index (χ0) is 28.3. The average molecular weight is 556 g/mol. The maximum atomic E-state index is 13.9. The minimum absolute atomic E-state index is 0.0421. The summed E-state index contributed by atoms with van der Waals surface area (Å²) in [6.45, 7) is 8.70. The van der Waals surface area contributed by atoms with E-state index in [0.29, 0.717) is 41.4 Å². The molecule has 3 heterocycles. The summed E-state index contributed by atoms with van der Waals surface area (Å²) in [5.41, 5.74) is 10.3. The Balaban J connectivity index is 1.44. The molecule has 1 fully saturated rings. The molecule has 4 aromatic rings. The van der Waals surface area contributed by atoms with Gasteiger partial charge in [0, 0.05) is 47.4 Å². The van der Waals surface area contributed by atoms with Crippen LogP contribution in [0.5, 0.6) is 0 Å². The molecule has 9 heteroatoms. The topological polar surface area (TPSA) is 107 Å². The lowest BCUT2D eigenvalue weighted by molar-refractivity contribution is 0.0735. The predicted molar refractivity (Wildman–Crippen MR) is 158 cm³/mol. The first-order valence-corrected chi connectivity index (χ1v) is 14.1. The van der Waals surface area contributed by atoms with Gasteiger partial charge in [-0.3, -0.25) is 9.79 Å². The van der Waals surface area contributed by atoms with Gasteiger partial charge >= 0.3 is 0 Å². The van der Waals surface area contributed by atoms with Crippen LogP contribution in [0.2, 0.25) is 0 Å². The average Bonchev–Trinajstić information content (AvgIpc) is 3.73. The first-order chi connectivity index (χ1) is 19.2. The molecule has 1 unspecified atom stereocenters. The molecular formula is C31H33N5O3S. The van der Waals surface area contributed by atoms with E-state index in [9.17, 15) is 4.79 Å². The third-order valence-corrected chi connectivity index (χ3v) is 8.06. The largest absolute Gasteiger partial charge is 0.441 e. The Kier molecular flexibility index (Phi) is 7.95. The van der Waals surface area contributed by atoms with Crippen molar-refractivity contribution in [3.8, 4) is 11.3 Å². The minimum Gasteiger partial charge on any atom is -0.441 e. The Morgan fingerprint density at radius 1 is 1.25 bits per heavy atom. The number of carbonyl (C=O) groups is 1. The number of hydrogen-bond acceptors (Lipinski definition) is 8. The van der Waals surface area contributed by atoms with Crippen molar-refractivity contribution in [2.24, 2.45) is 10.7 Å². The van der Waals surface area contributed by atoms with Crippen LogP contribution in [0.3, 0.4) is 0 Å². The van der Waals surface area contributed by atoms with Crippen LogP contribution in [-0.4, -0.2) is 46.0 Å². The van der Waals surface area contributed by atoms with Crippen molar-refractivity contribution in [3.05, 3.63) is 100 Å². The highest BCUT2D eigenvalue weighted by molar-refractivity contribution is 7.09. The van der Waals surface area contributed by atoms with Gasteiger partial charge in [0.2, 0.25) is 5.90 Å². The number of aromatic nitrogens is 2. The van der Waals surface area contributed by atoms with E-state index >= 15 is 0 Å². The van der Waals surface area contributed by atoms with Crippen LogP contribution in [0.15, 0.2) is 82.3 Å². The number of rotatable bonds is 8. The molecule has 8 nitrogen and oxygen atoms in total. The van der Waals surface area contributed by atoms with E-state index < -0.39 is 5.54 Å². The smallest absolute Gasteiger partial charge is 0.254 e. The quantitative estimate of drug-likeness (QED) is 0.161. The van der Waals surface area contributed by atoms with Crippen LogP contribution in [0, 0.1) is 6.92 Å². The standard InChI is InChI=1S/C31H33N5O3S/c1-20-19-40-28(34-20)27-11-8-13-36(27)29(37)25-16-23(15-24(17-25)26-12-14-38-35-26)21(2)39-30(33-4)31(3,32)18-22-9-6-5-7-10-22/h5-7,9-10,12,14-17,19,27H,2,8,11,13,18,32H2,1,3-4H3/t27-,31?/m1/s1. The van der Waals surface area contributed by atoms with Gasteiger partial charge in [0.25, 0.3) is 5.91 Å². The Labute approximate surface area is 238 Å². The fourth-order valence-electron chi connectivity index (χ4n) is 5.07. The van der Waals surface area contributed by atoms with Gasteiger partial charge < -0.3 is 19.9 Å². The van der Waals surface area contributed by atoms with Crippen molar-refractivity contribution in [1.29, 1.82) is 0 Å². The summed E-state index contributed by atoms with van der Waals surface area (Å²) in [6, 6.07) is 17.2. The monoisotopic (exact) mass is 555 g/mol. The summed E-state index contributed by atoms with van der Waals surface area (Å²) in [5, 5.41) is 7.08. The highest BCUT2D eigenvalue weighted by Gasteiger charge is 2.33. The van der Waals surface area contributed by atoms with Crippen LogP contribution >= 0.6 is 11.3 Å². The molecule has 206 valence electrons. The molecule has 2 aromatic carbocycles.